The van der Waals surface area contributed by atoms with Crippen molar-refractivity contribution < 1.29 is 13.2 Å². The fourth-order valence-electron chi connectivity index (χ4n) is 2.11. The summed E-state index contributed by atoms with van der Waals surface area (Å²) < 4.78 is 38.6. The second kappa shape index (κ2) is 5.77. The van der Waals surface area contributed by atoms with Crippen molar-refractivity contribution in [1.82, 2.24) is 4.98 Å². The first-order chi connectivity index (χ1) is 8.68. The average molecular weight is 275 g/mol. The minimum absolute atomic E-state index is 0.163. The Morgan fingerprint density at radius 1 is 1.37 bits per heavy atom. The quantitative estimate of drug-likeness (QED) is 0.867. The van der Waals surface area contributed by atoms with Gasteiger partial charge in [-0.2, -0.15) is 13.2 Å². The van der Waals surface area contributed by atoms with Crippen LogP contribution in [0, 0.1) is 5.92 Å². The highest BCUT2D eigenvalue weighted by atomic mass is 19.4. The number of aromatic nitrogens is 1. The Hall–Kier alpha value is -1.30. The summed E-state index contributed by atoms with van der Waals surface area (Å²) in [6.45, 7) is 6.04. The molecule has 1 aromatic rings. The molecule has 3 N–H and O–H groups in total. The van der Waals surface area contributed by atoms with Gasteiger partial charge in [0.25, 0.3) is 0 Å². The van der Waals surface area contributed by atoms with E-state index in [1.165, 1.54) is 12.3 Å². The molecule has 1 aromatic heterocycles. The van der Waals surface area contributed by atoms with Crippen LogP contribution < -0.4 is 11.1 Å². The van der Waals surface area contributed by atoms with Crippen molar-refractivity contribution >= 4 is 5.82 Å². The Morgan fingerprint density at radius 2 is 2.00 bits per heavy atom. The maximum atomic E-state index is 12.9. The number of alkyl halides is 3. The molecule has 0 fully saturated rings. The number of pyridine rings is 1. The number of hydrogen-bond acceptors (Lipinski definition) is 3. The molecule has 1 heterocycles. The minimum Gasteiger partial charge on any atom is -0.363 e. The van der Waals surface area contributed by atoms with Gasteiger partial charge in [-0.15, -0.1) is 0 Å². The third kappa shape index (κ3) is 4.38. The van der Waals surface area contributed by atoms with E-state index in [4.69, 9.17) is 5.73 Å². The van der Waals surface area contributed by atoms with Crippen molar-refractivity contribution in [2.75, 3.05) is 11.9 Å². The van der Waals surface area contributed by atoms with Crippen molar-refractivity contribution in [3.63, 3.8) is 0 Å². The molecule has 108 valence electrons. The lowest BCUT2D eigenvalue weighted by atomic mass is 9.90. The molecule has 1 rings (SSSR count). The van der Waals surface area contributed by atoms with Crippen LogP contribution >= 0.6 is 0 Å². The molecule has 0 bridgehead atoms. The van der Waals surface area contributed by atoms with Crippen LogP contribution in [0.5, 0.6) is 0 Å². The van der Waals surface area contributed by atoms with E-state index in [1.807, 2.05) is 20.8 Å². The van der Waals surface area contributed by atoms with Gasteiger partial charge in [0.15, 0.2) is 0 Å². The van der Waals surface area contributed by atoms with Crippen molar-refractivity contribution in [2.24, 2.45) is 11.7 Å². The number of rotatable bonds is 5. The van der Waals surface area contributed by atoms with Crippen LogP contribution in [0.15, 0.2) is 18.3 Å². The molecule has 0 aromatic carbocycles. The molecule has 6 heteroatoms. The topological polar surface area (TPSA) is 50.9 Å². The molecule has 0 spiro atoms. The SMILES string of the molecule is CC(C)CC(C)(CN)Nc1ncccc1C(F)(F)F. The van der Waals surface area contributed by atoms with Crippen LogP contribution in [0.1, 0.15) is 32.8 Å². The summed E-state index contributed by atoms with van der Waals surface area (Å²) in [5.74, 6) is 0.155. The first-order valence-corrected chi connectivity index (χ1v) is 6.18. The zero-order chi connectivity index (χ0) is 14.7. The van der Waals surface area contributed by atoms with Gasteiger partial charge in [0.1, 0.15) is 5.82 Å². The van der Waals surface area contributed by atoms with Gasteiger partial charge in [0.05, 0.1) is 5.56 Å². The molecule has 0 amide bonds. The molecular formula is C13H20F3N3. The molecular weight excluding hydrogens is 255 g/mol. The molecule has 0 radical (unpaired) electrons. The minimum atomic E-state index is -4.43. The smallest absolute Gasteiger partial charge is 0.363 e. The molecule has 0 saturated carbocycles. The Bertz CT molecular complexity index is 418. The first-order valence-electron chi connectivity index (χ1n) is 6.18. The van der Waals surface area contributed by atoms with Crippen molar-refractivity contribution in [1.29, 1.82) is 0 Å². The zero-order valence-electron chi connectivity index (χ0n) is 11.4. The number of anilines is 1. The van der Waals surface area contributed by atoms with E-state index in [0.717, 1.165) is 6.07 Å². The summed E-state index contributed by atoms with van der Waals surface area (Å²) in [5.41, 5.74) is 4.32. The van der Waals surface area contributed by atoms with Crippen molar-refractivity contribution in [3.8, 4) is 0 Å². The van der Waals surface area contributed by atoms with Gasteiger partial charge in [0, 0.05) is 18.3 Å². The Morgan fingerprint density at radius 3 is 2.47 bits per heavy atom. The zero-order valence-corrected chi connectivity index (χ0v) is 11.4. The number of nitrogens with one attached hydrogen (secondary N) is 1. The summed E-state index contributed by atoms with van der Waals surface area (Å²) in [6.07, 6.45) is -2.43. The van der Waals surface area contributed by atoms with Gasteiger partial charge >= 0.3 is 6.18 Å². The second-order valence-electron chi connectivity index (χ2n) is 5.39. The lowest BCUT2D eigenvalue weighted by molar-refractivity contribution is -0.137. The largest absolute Gasteiger partial charge is 0.419 e. The maximum Gasteiger partial charge on any atom is 0.419 e. The van der Waals surface area contributed by atoms with E-state index in [9.17, 15) is 13.2 Å². The van der Waals surface area contributed by atoms with Crippen molar-refractivity contribution in [2.45, 2.75) is 38.9 Å². The fourth-order valence-corrected chi connectivity index (χ4v) is 2.11. The molecule has 1 unspecified atom stereocenters. The van der Waals surface area contributed by atoms with Gasteiger partial charge < -0.3 is 11.1 Å². The Labute approximate surface area is 111 Å². The fraction of sp³-hybridized carbons (Fsp3) is 0.615. The van der Waals surface area contributed by atoms with Crippen LogP contribution in [0.25, 0.3) is 0 Å². The van der Waals surface area contributed by atoms with Crippen LogP contribution in [-0.4, -0.2) is 17.1 Å². The lowest BCUT2D eigenvalue weighted by Crippen LogP contribution is -2.44. The molecule has 0 saturated heterocycles. The molecule has 0 aliphatic carbocycles. The number of halogens is 3. The predicted octanol–water partition coefficient (Wildman–Crippen LogP) is 3.28. The van der Waals surface area contributed by atoms with Gasteiger partial charge in [-0.25, -0.2) is 4.98 Å². The third-order valence-electron chi connectivity index (χ3n) is 2.84. The molecule has 0 aliphatic heterocycles. The van der Waals surface area contributed by atoms with E-state index in [0.29, 0.717) is 12.3 Å². The second-order valence-corrected chi connectivity index (χ2v) is 5.39. The first kappa shape index (κ1) is 15.8. The van der Waals surface area contributed by atoms with Crippen molar-refractivity contribution in [3.05, 3.63) is 23.9 Å². The molecule has 0 aliphatic rings. The Kier molecular flexibility index (Phi) is 4.79. The monoisotopic (exact) mass is 275 g/mol. The summed E-state index contributed by atoms with van der Waals surface area (Å²) in [6, 6.07) is 2.29. The maximum absolute atomic E-state index is 12.9. The van der Waals surface area contributed by atoms with Gasteiger partial charge in [0.2, 0.25) is 0 Å². The van der Waals surface area contributed by atoms with E-state index in [2.05, 4.69) is 10.3 Å². The van der Waals surface area contributed by atoms with Gasteiger partial charge in [-0.05, 0) is 31.4 Å². The van der Waals surface area contributed by atoms with Crippen LogP contribution in [0.4, 0.5) is 19.0 Å². The predicted molar refractivity (Wildman–Crippen MR) is 69.8 cm³/mol. The highest BCUT2D eigenvalue weighted by Gasteiger charge is 2.36. The molecule has 1 atom stereocenters. The normalized spacial score (nSPS) is 15.4. The highest BCUT2D eigenvalue weighted by molar-refractivity contribution is 5.47. The third-order valence-corrected chi connectivity index (χ3v) is 2.84. The van der Waals surface area contributed by atoms with Crippen LogP contribution in [0.2, 0.25) is 0 Å². The van der Waals surface area contributed by atoms with Gasteiger partial charge in [-0.1, -0.05) is 13.8 Å². The van der Waals surface area contributed by atoms with Crippen LogP contribution in [0.3, 0.4) is 0 Å². The van der Waals surface area contributed by atoms with Gasteiger partial charge in [-0.3, -0.25) is 0 Å². The summed E-state index contributed by atoms with van der Waals surface area (Å²) in [4.78, 5) is 3.80. The van der Waals surface area contributed by atoms with E-state index in [1.54, 1.807) is 0 Å². The van der Waals surface area contributed by atoms with E-state index >= 15 is 0 Å². The number of hydrogen-bond donors (Lipinski definition) is 2. The van der Waals surface area contributed by atoms with Crippen LogP contribution in [-0.2, 0) is 6.18 Å². The summed E-state index contributed by atoms with van der Waals surface area (Å²) in [7, 11) is 0. The summed E-state index contributed by atoms with van der Waals surface area (Å²) in [5, 5.41) is 2.86. The average Bonchev–Trinajstić information content (AvgIpc) is 2.27. The number of nitrogens with two attached hydrogens (primary N) is 1. The molecule has 3 nitrogen and oxygen atoms in total. The number of nitrogens with zero attached hydrogens (tertiary/aromatic N) is 1. The Balaban J connectivity index is 3.04. The molecule has 19 heavy (non-hydrogen) atoms. The standard InChI is InChI=1S/C13H20F3N3/c1-9(2)7-12(3,8-17)19-11-10(13(14,15)16)5-4-6-18-11/h4-6,9H,7-8,17H2,1-3H3,(H,18,19). The van der Waals surface area contributed by atoms with E-state index in [-0.39, 0.29) is 12.4 Å². The van der Waals surface area contributed by atoms with E-state index < -0.39 is 17.3 Å². The lowest BCUT2D eigenvalue weighted by Gasteiger charge is -2.32. The highest BCUT2D eigenvalue weighted by Crippen LogP contribution is 2.35. The summed E-state index contributed by atoms with van der Waals surface area (Å²) >= 11 is 0.